The molecule has 0 aliphatic rings. The molecule has 0 saturated carbocycles. The number of nitriles is 1. The Morgan fingerprint density at radius 1 is 1.27 bits per heavy atom. The first-order chi connectivity index (χ1) is 10.4. The van der Waals surface area contributed by atoms with Gasteiger partial charge in [-0.05, 0) is 43.5 Å². The summed E-state index contributed by atoms with van der Waals surface area (Å²) in [5, 5.41) is 11.9. The van der Waals surface area contributed by atoms with Crippen molar-refractivity contribution in [1.82, 2.24) is 5.32 Å². The average Bonchev–Trinajstić information content (AvgIpc) is 2.51. The highest BCUT2D eigenvalue weighted by Gasteiger charge is 2.29. The number of benzene rings is 1. The fourth-order valence-corrected chi connectivity index (χ4v) is 1.63. The van der Waals surface area contributed by atoms with Gasteiger partial charge < -0.3 is 14.8 Å². The van der Waals surface area contributed by atoms with Crippen molar-refractivity contribution in [3.05, 3.63) is 24.3 Å². The molecule has 1 amide bonds. The molecular formula is C17H24N2O3. The number of amides is 1. The van der Waals surface area contributed by atoms with Crippen LogP contribution >= 0.6 is 0 Å². The molecule has 22 heavy (non-hydrogen) atoms. The van der Waals surface area contributed by atoms with Gasteiger partial charge in [0.25, 0.3) is 5.91 Å². The predicted octanol–water partition coefficient (Wildman–Crippen LogP) is 2.91. The Morgan fingerprint density at radius 3 is 2.27 bits per heavy atom. The number of ether oxygens (including phenoxy) is 2. The third kappa shape index (κ3) is 5.28. The van der Waals surface area contributed by atoms with Gasteiger partial charge in [-0.1, -0.05) is 20.8 Å². The van der Waals surface area contributed by atoms with E-state index in [2.05, 4.69) is 11.4 Å². The zero-order chi connectivity index (χ0) is 16.6. The van der Waals surface area contributed by atoms with E-state index in [0.29, 0.717) is 12.4 Å². The molecule has 1 unspecified atom stereocenters. The van der Waals surface area contributed by atoms with Crippen molar-refractivity contribution >= 4 is 5.91 Å². The first kappa shape index (κ1) is 17.8. The van der Waals surface area contributed by atoms with E-state index in [9.17, 15) is 10.1 Å². The summed E-state index contributed by atoms with van der Waals surface area (Å²) >= 11 is 0. The van der Waals surface area contributed by atoms with Gasteiger partial charge in [0, 0.05) is 0 Å². The molecule has 1 atom stereocenters. The van der Waals surface area contributed by atoms with Crippen molar-refractivity contribution in [2.45, 2.75) is 39.7 Å². The lowest BCUT2D eigenvalue weighted by Gasteiger charge is -2.27. The monoisotopic (exact) mass is 304 g/mol. The normalized spacial score (nSPS) is 13.1. The quantitative estimate of drug-likeness (QED) is 0.801. The Balaban J connectivity index is 2.49. The Bertz CT molecular complexity index is 520. The minimum atomic E-state index is -0.891. The zero-order valence-corrected chi connectivity index (χ0v) is 13.7. The van der Waals surface area contributed by atoms with Crippen LogP contribution in [0.5, 0.6) is 11.5 Å². The van der Waals surface area contributed by atoms with E-state index < -0.39 is 5.54 Å². The minimum absolute atomic E-state index is 0.0106. The van der Waals surface area contributed by atoms with Crippen LogP contribution in [0.15, 0.2) is 24.3 Å². The van der Waals surface area contributed by atoms with Crippen molar-refractivity contribution in [2.75, 3.05) is 13.2 Å². The molecular weight excluding hydrogens is 280 g/mol. The second-order valence-electron chi connectivity index (χ2n) is 5.63. The predicted molar refractivity (Wildman–Crippen MR) is 84.7 cm³/mol. The van der Waals surface area contributed by atoms with Gasteiger partial charge in [-0.25, -0.2) is 0 Å². The molecule has 0 radical (unpaired) electrons. The molecule has 0 heterocycles. The molecule has 0 saturated heterocycles. The van der Waals surface area contributed by atoms with Gasteiger partial charge in [0.05, 0.1) is 12.7 Å². The van der Waals surface area contributed by atoms with Gasteiger partial charge >= 0.3 is 0 Å². The Kier molecular flexibility index (Phi) is 6.71. The number of hydrogen-bond acceptors (Lipinski definition) is 4. The van der Waals surface area contributed by atoms with Crippen LogP contribution < -0.4 is 14.8 Å². The maximum atomic E-state index is 11.9. The van der Waals surface area contributed by atoms with Crippen molar-refractivity contribution in [3.63, 3.8) is 0 Å². The minimum Gasteiger partial charge on any atom is -0.494 e. The second kappa shape index (κ2) is 8.28. The lowest BCUT2D eigenvalue weighted by molar-refractivity contribution is -0.124. The molecule has 1 aromatic rings. The Hall–Kier alpha value is -2.22. The smallest absolute Gasteiger partial charge is 0.259 e. The highest BCUT2D eigenvalue weighted by molar-refractivity contribution is 5.78. The fourth-order valence-electron chi connectivity index (χ4n) is 1.63. The highest BCUT2D eigenvalue weighted by Crippen LogP contribution is 2.18. The molecule has 0 spiro atoms. The van der Waals surface area contributed by atoms with E-state index >= 15 is 0 Å². The summed E-state index contributed by atoms with van der Waals surface area (Å²) in [4.78, 5) is 11.9. The Morgan fingerprint density at radius 2 is 1.82 bits per heavy atom. The number of carbonyl (C=O) groups is 1. The van der Waals surface area contributed by atoms with Crippen LogP contribution in [0, 0.1) is 17.2 Å². The number of carbonyl (C=O) groups excluding carboxylic acids is 1. The van der Waals surface area contributed by atoms with E-state index in [1.165, 1.54) is 0 Å². The highest BCUT2D eigenvalue weighted by atomic mass is 16.5. The van der Waals surface area contributed by atoms with Gasteiger partial charge in [0.15, 0.2) is 6.61 Å². The Labute approximate surface area is 132 Å². The number of nitrogens with zero attached hydrogens (tertiary/aromatic N) is 1. The van der Waals surface area contributed by atoms with Gasteiger partial charge in [-0.15, -0.1) is 0 Å². The van der Waals surface area contributed by atoms with Crippen LogP contribution in [0.4, 0.5) is 0 Å². The summed E-state index contributed by atoms with van der Waals surface area (Å²) in [6.07, 6.45) is 0.950. The lowest BCUT2D eigenvalue weighted by Crippen LogP contribution is -2.50. The van der Waals surface area contributed by atoms with Crippen molar-refractivity contribution in [1.29, 1.82) is 5.26 Å². The molecule has 0 bridgehead atoms. The average molecular weight is 304 g/mol. The van der Waals surface area contributed by atoms with Gasteiger partial charge in [0.2, 0.25) is 0 Å². The molecule has 120 valence electrons. The van der Waals surface area contributed by atoms with Crippen molar-refractivity contribution in [3.8, 4) is 17.6 Å². The van der Waals surface area contributed by atoms with E-state index in [1.54, 1.807) is 31.2 Å². The van der Waals surface area contributed by atoms with Crippen LogP contribution in [0.3, 0.4) is 0 Å². The standard InChI is InChI=1S/C17H24N2O3/c1-5-10-21-14-6-8-15(9-7-14)22-11-16(20)19-17(4,12-18)13(2)3/h6-9,13H,5,10-11H2,1-4H3,(H,19,20). The van der Waals surface area contributed by atoms with Gasteiger partial charge in [-0.2, -0.15) is 5.26 Å². The summed E-state index contributed by atoms with van der Waals surface area (Å²) in [7, 11) is 0. The molecule has 0 aliphatic carbocycles. The summed E-state index contributed by atoms with van der Waals surface area (Å²) in [6, 6.07) is 9.24. The maximum Gasteiger partial charge on any atom is 0.259 e. The number of nitrogens with one attached hydrogen (secondary N) is 1. The number of rotatable bonds is 8. The van der Waals surface area contributed by atoms with Gasteiger partial charge in [0.1, 0.15) is 17.0 Å². The fraction of sp³-hybridized carbons (Fsp3) is 0.529. The van der Waals surface area contributed by atoms with Crippen LogP contribution in [-0.2, 0) is 4.79 Å². The van der Waals surface area contributed by atoms with E-state index in [-0.39, 0.29) is 18.4 Å². The SMILES string of the molecule is CCCOc1ccc(OCC(=O)NC(C)(C#N)C(C)C)cc1. The molecule has 5 nitrogen and oxygen atoms in total. The topological polar surface area (TPSA) is 71.3 Å². The molecule has 1 aromatic carbocycles. The molecule has 0 aliphatic heterocycles. The van der Waals surface area contributed by atoms with Crippen molar-refractivity contribution in [2.24, 2.45) is 5.92 Å². The molecule has 0 aromatic heterocycles. The first-order valence-corrected chi connectivity index (χ1v) is 7.49. The summed E-state index contributed by atoms with van der Waals surface area (Å²) in [5.74, 6) is 1.05. The van der Waals surface area contributed by atoms with Crippen LogP contribution in [0.25, 0.3) is 0 Å². The maximum absolute atomic E-state index is 11.9. The van der Waals surface area contributed by atoms with Crippen LogP contribution in [0.2, 0.25) is 0 Å². The first-order valence-electron chi connectivity index (χ1n) is 7.49. The molecule has 5 heteroatoms. The lowest BCUT2D eigenvalue weighted by atomic mass is 9.90. The largest absolute Gasteiger partial charge is 0.494 e. The zero-order valence-electron chi connectivity index (χ0n) is 13.7. The molecule has 0 fully saturated rings. The third-order valence-electron chi connectivity index (χ3n) is 3.45. The molecule has 1 rings (SSSR count). The molecule has 1 N–H and O–H groups in total. The van der Waals surface area contributed by atoms with E-state index in [4.69, 9.17) is 9.47 Å². The van der Waals surface area contributed by atoms with Crippen LogP contribution in [0.1, 0.15) is 34.1 Å². The summed E-state index contributed by atoms with van der Waals surface area (Å²) in [5.41, 5.74) is -0.891. The second-order valence-corrected chi connectivity index (χ2v) is 5.63. The van der Waals surface area contributed by atoms with Crippen LogP contribution in [-0.4, -0.2) is 24.7 Å². The third-order valence-corrected chi connectivity index (χ3v) is 3.45. The van der Waals surface area contributed by atoms with E-state index in [1.807, 2.05) is 20.8 Å². The van der Waals surface area contributed by atoms with Crippen molar-refractivity contribution < 1.29 is 14.3 Å². The summed E-state index contributed by atoms with van der Waals surface area (Å²) < 4.78 is 10.9. The van der Waals surface area contributed by atoms with Gasteiger partial charge in [-0.3, -0.25) is 4.79 Å². The summed E-state index contributed by atoms with van der Waals surface area (Å²) in [6.45, 7) is 8.07. The number of hydrogen-bond donors (Lipinski definition) is 1. The van der Waals surface area contributed by atoms with E-state index in [0.717, 1.165) is 12.2 Å².